The van der Waals surface area contributed by atoms with Crippen molar-refractivity contribution in [3.8, 4) is 11.6 Å². The van der Waals surface area contributed by atoms with Crippen LogP contribution in [-0.2, 0) is 9.84 Å². The van der Waals surface area contributed by atoms with Crippen LogP contribution in [0.25, 0.3) is 17.4 Å². The number of anilines is 1. The van der Waals surface area contributed by atoms with E-state index in [9.17, 15) is 8.42 Å². The number of hydrogen-bond donors (Lipinski definition) is 1. The van der Waals surface area contributed by atoms with Crippen LogP contribution in [0.2, 0.25) is 0 Å². The predicted octanol–water partition coefficient (Wildman–Crippen LogP) is -1.04. The zero-order valence-corrected chi connectivity index (χ0v) is 11.0. The van der Waals surface area contributed by atoms with Gasteiger partial charge in [-0.1, -0.05) is 0 Å². The molecule has 0 spiro atoms. The molecule has 0 bridgehead atoms. The van der Waals surface area contributed by atoms with Gasteiger partial charge in [0.2, 0.25) is 21.6 Å². The van der Waals surface area contributed by atoms with Crippen LogP contribution in [0, 0.1) is 0 Å². The fourth-order valence-electron chi connectivity index (χ4n) is 1.46. The zero-order valence-electron chi connectivity index (χ0n) is 10.2. The molecule has 2 N–H and O–H groups in total. The molecule has 11 heteroatoms. The van der Waals surface area contributed by atoms with Gasteiger partial charge in [0.25, 0.3) is 10.9 Å². The molecule has 0 saturated heterocycles. The van der Waals surface area contributed by atoms with Crippen LogP contribution < -0.4 is 5.73 Å². The van der Waals surface area contributed by atoms with Crippen LogP contribution in [0.3, 0.4) is 0 Å². The summed E-state index contributed by atoms with van der Waals surface area (Å²) in [5.41, 5.74) is 5.65. The van der Waals surface area contributed by atoms with E-state index >= 15 is 0 Å². The van der Waals surface area contributed by atoms with Crippen molar-refractivity contribution in [3.63, 3.8) is 0 Å². The van der Waals surface area contributed by atoms with E-state index in [1.54, 1.807) is 6.07 Å². The maximum absolute atomic E-state index is 11.4. The van der Waals surface area contributed by atoms with Gasteiger partial charge in [0, 0.05) is 18.6 Å². The topological polar surface area (TPSA) is 142 Å². The second-order valence-corrected chi connectivity index (χ2v) is 5.77. The molecule has 10 nitrogen and oxygen atoms in total. The molecule has 0 saturated carbocycles. The lowest BCUT2D eigenvalue weighted by atomic mass is 10.5. The number of sulfone groups is 1. The number of nitrogens with two attached hydrogens (primary N) is 1. The summed E-state index contributed by atoms with van der Waals surface area (Å²) in [5, 5.41) is 3.63. The Hall–Kier alpha value is -2.69. The van der Waals surface area contributed by atoms with Crippen LogP contribution in [0.15, 0.2) is 23.6 Å². The fourth-order valence-corrected chi connectivity index (χ4v) is 1.97. The van der Waals surface area contributed by atoms with Crippen LogP contribution in [0.5, 0.6) is 0 Å². The lowest BCUT2D eigenvalue weighted by molar-refractivity contribution is 0.592. The van der Waals surface area contributed by atoms with E-state index in [0.29, 0.717) is 0 Å². The molecule has 0 atom stereocenters. The SMILES string of the molecule is CS(=O)(=O)c1nc(N)n2nc(-c3ncccn3)nc2n1. The highest BCUT2D eigenvalue weighted by atomic mass is 32.2. The number of nitrogens with zero attached hydrogens (tertiary/aromatic N) is 7. The molecule has 0 amide bonds. The molecule has 3 aromatic rings. The van der Waals surface area contributed by atoms with Gasteiger partial charge in [0.15, 0.2) is 5.82 Å². The average Bonchev–Trinajstić information content (AvgIpc) is 2.83. The summed E-state index contributed by atoms with van der Waals surface area (Å²) in [6, 6.07) is 1.65. The Morgan fingerprint density at radius 1 is 1.10 bits per heavy atom. The quantitative estimate of drug-likeness (QED) is 0.626. The predicted molar refractivity (Wildman–Crippen MR) is 67.1 cm³/mol. The van der Waals surface area contributed by atoms with Crippen molar-refractivity contribution >= 4 is 21.6 Å². The number of hydrogen-bond acceptors (Lipinski definition) is 9. The molecule has 0 aromatic carbocycles. The molecule has 0 radical (unpaired) electrons. The van der Waals surface area contributed by atoms with Crippen LogP contribution in [0.4, 0.5) is 5.95 Å². The van der Waals surface area contributed by atoms with E-state index in [2.05, 4.69) is 30.0 Å². The van der Waals surface area contributed by atoms with Crippen LogP contribution in [-0.4, -0.2) is 49.2 Å². The molecule has 3 aromatic heterocycles. The first-order valence-corrected chi connectivity index (χ1v) is 7.22. The Morgan fingerprint density at radius 2 is 1.80 bits per heavy atom. The molecule has 0 fully saturated rings. The Labute approximate surface area is 112 Å². The molecule has 0 aliphatic heterocycles. The summed E-state index contributed by atoms with van der Waals surface area (Å²) >= 11 is 0. The van der Waals surface area contributed by atoms with E-state index in [1.807, 2.05) is 0 Å². The van der Waals surface area contributed by atoms with Crippen molar-refractivity contribution < 1.29 is 8.42 Å². The van der Waals surface area contributed by atoms with Crippen molar-refractivity contribution in [1.29, 1.82) is 0 Å². The van der Waals surface area contributed by atoms with Gasteiger partial charge in [-0.05, 0) is 6.07 Å². The van der Waals surface area contributed by atoms with Crippen LogP contribution in [0.1, 0.15) is 0 Å². The van der Waals surface area contributed by atoms with Gasteiger partial charge in [-0.2, -0.15) is 19.5 Å². The standard InChI is InChI=1S/C9H8N8O2S/c1-20(18,19)9-14-7(10)17-8(15-9)13-6(16-17)5-11-3-2-4-12-5/h2-4H,1H3,(H2,10,13,14,15,16). The third-order valence-electron chi connectivity index (χ3n) is 2.31. The van der Waals surface area contributed by atoms with Crippen molar-refractivity contribution in [1.82, 2.24) is 34.5 Å². The Bertz CT molecular complexity index is 889. The largest absolute Gasteiger partial charge is 0.368 e. The second kappa shape index (κ2) is 4.16. The molecule has 3 rings (SSSR count). The monoisotopic (exact) mass is 292 g/mol. The van der Waals surface area contributed by atoms with Crippen molar-refractivity contribution in [2.24, 2.45) is 0 Å². The van der Waals surface area contributed by atoms with E-state index in [0.717, 1.165) is 10.8 Å². The number of fused-ring (bicyclic) bond motifs is 1. The second-order valence-electron chi connectivity index (χ2n) is 3.86. The summed E-state index contributed by atoms with van der Waals surface area (Å²) in [6.45, 7) is 0. The molecular weight excluding hydrogens is 284 g/mol. The first kappa shape index (κ1) is 12.3. The minimum absolute atomic E-state index is 0.0142. The average molecular weight is 292 g/mol. The van der Waals surface area contributed by atoms with E-state index in [4.69, 9.17) is 5.73 Å². The van der Waals surface area contributed by atoms with Crippen molar-refractivity contribution in [2.45, 2.75) is 5.16 Å². The van der Waals surface area contributed by atoms with Gasteiger partial charge in [-0.15, -0.1) is 5.10 Å². The fraction of sp³-hybridized carbons (Fsp3) is 0.111. The number of rotatable bonds is 2. The summed E-state index contributed by atoms with van der Waals surface area (Å²) < 4.78 is 24.0. The molecule has 0 aliphatic carbocycles. The molecule has 20 heavy (non-hydrogen) atoms. The normalized spacial score (nSPS) is 11.8. The highest BCUT2D eigenvalue weighted by Crippen LogP contribution is 2.13. The highest BCUT2D eigenvalue weighted by Gasteiger charge is 2.18. The Kier molecular flexibility index (Phi) is 2.57. The van der Waals surface area contributed by atoms with E-state index < -0.39 is 15.0 Å². The third-order valence-corrected chi connectivity index (χ3v) is 3.16. The molecule has 3 heterocycles. The molecular formula is C9H8N8O2S. The summed E-state index contributed by atoms with van der Waals surface area (Å²) in [5.74, 6) is 0.334. The lowest BCUT2D eigenvalue weighted by Crippen LogP contribution is -2.11. The Balaban J connectivity index is 2.24. The van der Waals surface area contributed by atoms with Crippen molar-refractivity contribution in [3.05, 3.63) is 18.5 Å². The summed E-state index contributed by atoms with van der Waals surface area (Å²) in [4.78, 5) is 19.5. The maximum Gasteiger partial charge on any atom is 0.258 e. The maximum atomic E-state index is 11.4. The summed E-state index contributed by atoms with van der Waals surface area (Å²) in [6.07, 6.45) is 4.05. The van der Waals surface area contributed by atoms with Gasteiger partial charge in [-0.25, -0.2) is 18.4 Å². The van der Waals surface area contributed by atoms with Gasteiger partial charge in [0.1, 0.15) is 0 Å². The molecule has 0 unspecified atom stereocenters. The minimum Gasteiger partial charge on any atom is -0.368 e. The number of nitrogen functional groups attached to an aromatic ring is 1. The smallest absolute Gasteiger partial charge is 0.258 e. The van der Waals surface area contributed by atoms with Gasteiger partial charge in [0.05, 0.1) is 0 Å². The van der Waals surface area contributed by atoms with Crippen LogP contribution >= 0.6 is 0 Å². The van der Waals surface area contributed by atoms with Gasteiger partial charge < -0.3 is 5.73 Å². The molecule has 102 valence electrons. The zero-order chi connectivity index (χ0) is 14.3. The van der Waals surface area contributed by atoms with Crippen molar-refractivity contribution in [2.75, 3.05) is 12.0 Å². The number of aromatic nitrogens is 7. The summed E-state index contributed by atoms with van der Waals surface area (Å²) in [7, 11) is -3.59. The first-order chi connectivity index (χ1) is 9.45. The van der Waals surface area contributed by atoms with E-state index in [1.165, 1.54) is 12.4 Å². The highest BCUT2D eigenvalue weighted by molar-refractivity contribution is 7.90. The van der Waals surface area contributed by atoms with E-state index in [-0.39, 0.29) is 23.4 Å². The Morgan fingerprint density at radius 3 is 2.45 bits per heavy atom. The molecule has 0 aliphatic rings. The van der Waals surface area contributed by atoms with Gasteiger partial charge >= 0.3 is 0 Å². The third kappa shape index (κ3) is 2.03. The van der Waals surface area contributed by atoms with Gasteiger partial charge in [-0.3, -0.25) is 0 Å². The first-order valence-electron chi connectivity index (χ1n) is 5.33. The lowest BCUT2D eigenvalue weighted by Gasteiger charge is -1.99. The minimum atomic E-state index is -3.59.